The molecule has 0 spiro atoms. The molecule has 1 aliphatic rings. The molecule has 2 aromatic rings. The van der Waals surface area contributed by atoms with Crippen LogP contribution in [0.3, 0.4) is 0 Å². The van der Waals surface area contributed by atoms with Crippen LogP contribution in [0.15, 0.2) is 47.1 Å². The Labute approximate surface area is 110 Å². The fraction of sp³-hybridized carbons (Fsp3) is 0.214. The Hall–Kier alpha value is -2.43. The second-order valence-electron chi connectivity index (χ2n) is 4.29. The minimum atomic E-state index is -0.119. The zero-order valence-electron chi connectivity index (χ0n) is 10.5. The van der Waals surface area contributed by atoms with Crippen molar-refractivity contribution in [2.75, 3.05) is 18.6 Å². The standard InChI is InChI=1S/C14H14N2O3/c1-18-11-6-4-10(5-7-11)16-12(9-15-14(16)17)13-3-2-8-19-13/h2-8,12H,9H2,1H3,(H,15,17). The third-order valence-corrected chi connectivity index (χ3v) is 3.20. The number of urea groups is 1. The zero-order valence-corrected chi connectivity index (χ0v) is 10.5. The SMILES string of the molecule is COc1ccc(N2C(=O)NCC2c2ccco2)cc1. The van der Waals surface area contributed by atoms with Gasteiger partial charge < -0.3 is 14.5 Å². The van der Waals surface area contributed by atoms with Crippen molar-refractivity contribution in [1.82, 2.24) is 5.32 Å². The summed E-state index contributed by atoms with van der Waals surface area (Å²) in [7, 11) is 1.61. The van der Waals surface area contributed by atoms with Gasteiger partial charge in [-0.15, -0.1) is 0 Å². The highest BCUT2D eigenvalue weighted by Crippen LogP contribution is 2.31. The van der Waals surface area contributed by atoms with Crippen LogP contribution in [-0.2, 0) is 0 Å². The van der Waals surface area contributed by atoms with Crippen molar-refractivity contribution >= 4 is 11.7 Å². The Morgan fingerprint density at radius 1 is 1.32 bits per heavy atom. The van der Waals surface area contributed by atoms with E-state index in [1.807, 2.05) is 36.4 Å². The van der Waals surface area contributed by atoms with Crippen LogP contribution in [0.1, 0.15) is 11.8 Å². The highest BCUT2D eigenvalue weighted by molar-refractivity contribution is 5.95. The summed E-state index contributed by atoms with van der Waals surface area (Å²) in [4.78, 5) is 13.7. The average molecular weight is 258 g/mol. The van der Waals surface area contributed by atoms with E-state index in [4.69, 9.17) is 9.15 Å². The van der Waals surface area contributed by atoms with Crippen LogP contribution in [0.4, 0.5) is 10.5 Å². The predicted octanol–water partition coefficient (Wildman–Crippen LogP) is 2.56. The molecular formula is C14H14N2O3. The molecule has 98 valence electrons. The minimum absolute atomic E-state index is 0.115. The van der Waals surface area contributed by atoms with E-state index < -0.39 is 0 Å². The molecule has 1 N–H and O–H groups in total. The molecule has 1 aromatic carbocycles. The minimum Gasteiger partial charge on any atom is -0.497 e. The second kappa shape index (κ2) is 4.68. The first kappa shape index (κ1) is 11.6. The molecule has 1 saturated heterocycles. The van der Waals surface area contributed by atoms with Crippen molar-refractivity contribution in [2.24, 2.45) is 0 Å². The smallest absolute Gasteiger partial charge is 0.322 e. The first-order chi connectivity index (χ1) is 9.29. The maximum atomic E-state index is 12.0. The number of carbonyl (C=O) groups excluding carboxylic acids is 1. The maximum Gasteiger partial charge on any atom is 0.322 e. The molecule has 1 aliphatic heterocycles. The van der Waals surface area contributed by atoms with Crippen LogP contribution in [0.25, 0.3) is 0 Å². The van der Waals surface area contributed by atoms with Crippen LogP contribution in [-0.4, -0.2) is 19.7 Å². The Bertz CT molecular complexity index is 563. The number of hydrogen-bond acceptors (Lipinski definition) is 3. The van der Waals surface area contributed by atoms with E-state index in [0.717, 1.165) is 17.2 Å². The lowest BCUT2D eigenvalue weighted by molar-refractivity contribution is 0.251. The van der Waals surface area contributed by atoms with Crippen molar-refractivity contribution in [3.63, 3.8) is 0 Å². The molecule has 5 heteroatoms. The van der Waals surface area contributed by atoms with E-state index >= 15 is 0 Å². The largest absolute Gasteiger partial charge is 0.497 e. The molecular weight excluding hydrogens is 244 g/mol. The molecule has 2 heterocycles. The number of anilines is 1. The molecule has 1 fully saturated rings. The van der Waals surface area contributed by atoms with Gasteiger partial charge >= 0.3 is 6.03 Å². The van der Waals surface area contributed by atoms with Crippen LogP contribution >= 0.6 is 0 Å². The number of rotatable bonds is 3. The summed E-state index contributed by atoms with van der Waals surface area (Å²) in [5, 5.41) is 2.83. The molecule has 0 bridgehead atoms. The highest BCUT2D eigenvalue weighted by Gasteiger charge is 2.34. The zero-order chi connectivity index (χ0) is 13.2. The van der Waals surface area contributed by atoms with Gasteiger partial charge in [-0.1, -0.05) is 0 Å². The Morgan fingerprint density at radius 3 is 2.74 bits per heavy atom. The molecule has 1 unspecified atom stereocenters. The van der Waals surface area contributed by atoms with Gasteiger partial charge in [-0.25, -0.2) is 4.79 Å². The van der Waals surface area contributed by atoms with Gasteiger partial charge in [0.15, 0.2) is 0 Å². The fourth-order valence-corrected chi connectivity index (χ4v) is 2.25. The normalized spacial score (nSPS) is 18.5. The Balaban J connectivity index is 1.93. The van der Waals surface area contributed by atoms with Gasteiger partial charge in [0, 0.05) is 12.2 Å². The van der Waals surface area contributed by atoms with Crippen LogP contribution < -0.4 is 15.0 Å². The highest BCUT2D eigenvalue weighted by atomic mass is 16.5. The predicted molar refractivity (Wildman–Crippen MR) is 70.3 cm³/mol. The van der Waals surface area contributed by atoms with Gasteiger partial charge in [0.2, 0.25) is 0 Å². The Morgan fingerprint density at radius 2 is 2.11 bits per heavy atom. The quantitative estimate of drug-likeness (QED) is 0.920. The number of furan rings is 1. The number of benzene rings is 1. The third kappa shape index (κ3) is 2.03. The molecule has 5 nitrogen and oxygen atoms in total. The lowest BCUT2D eigenvalue weighted by atomic mass is 10.2. The topological polar surface area (TPSA) is 54.7 Å². The average Bonchev–Trinajstić information content (AvgIpc) is 3.08. The summed E-state index contributed by atoms with van der Waals surface area (Å²) in [6, 6.07) is 10.9. The van der Waals surface area contributed by atoms with Crippen LogP contribution in [0.5, 0.6) is 5.75 Å². The third-order valence-electron chi connectivity index (χ3n) is 3.20. The van der Waals surface area contributed by atoms with Gasteiger partial charge in [-0.05, 0) is 36.4 Å². The summed E-state index contributed by atoms with van der Waals surface area (Å²) < 4.78 is 10.5. The summed E-state index contributed by atoms with van der Waals surface area (Å²) in [5.74, 6) is 1.53. The number of nitrogens with one attached hydrogen (secondary N) is 1. The van der Waals surface area contributed by atoms with E-state index in [9.17, 15) is 4.79 Å². The molecule has 0 aliphatic carbocycles. The molecule has 0 radical (unpaired) electrons. The monoisotopic (exact) mass is 258 g/mol. The number of nitrogens with zero attached hydrogens (tertiary/aromatic N) is 1. The van der Waals surface area contributed by atoms with Crippen molar-refractivity contribution in [1.29, 1.82) is 0 Å². The lowest BCUT2D eigenvalue weighted by Crippen LogP contribution is -2.29. The number of amides is 2. The van der Waals surface area contributed by atoms with Crippen molar-refractivity contribution in [3.8, 4) is 5.75 Å². The number of carbonyl (C=O) groups is 1. The van der Waals surface area contributed by atoms with Crippen LogP contribution in [0.2, 0.25) is 0 Å². The van der Waals surface area contributed by atoms with Gasteiger partial charge in [-0.3, -0.25) is 4.90 Å². The maximum absolute atomic E-state index is 12.0. The van der Waals surface area contributed by atoms with E-state index in [1.54, 1.807) is 18.3 Å². The van der Waals surface area contributed by atoms with E-state index in [0.29, 0.717) is 6.54 Å². The second-order valence-corrected chi connectivity index (χ2v) is 4.29. The van der Waals surface area contributed by atoms with Crippen LogP contribution in [0, 0.1) is 0 Å². The lowest BCUT2D eigenvalue weighted by Gasteiger charge is -2.21. The molecule has 0 saturated carbocycles. The fourth-order valence-electron chi connectivity index (χ4n) is 2.25. The van der Waals surface area contributed by atoms with Gasteiger partial charge in [-0.2, -0.15) is 0 Å². The summed E-state index contributed by atoms with van der Waals surface area (Å²) in [5.41, 5.74) is 0.817. The van der Waals surface area contributed by atoms with E-state index in [-0.39, 0.29) is 12.1 Å². The van der Waals surface area contributed by atoms with Gasteiger partial charge in [0.25, 0.3) is 0 Å². The molecule has 2 amide bonds. The summed E-state index contributed by atoms with van der Waals surface area (Å²) >= 11 is 0. The number of methoxy groups -OCH3 is 1. The molecule has 1 aromatic heterocycles. The van der Waals surface area contributed by atoms with Gasteiger partial charge in [0.05, 0.1) is 13.4 Å². The Kier molecular flexibility index (Phi) is 2.87. The first-order valence-corrected chi connectivity index (χ1v) is 6.04. The number of hydrogen-bond donors (Lipinski definition) is 1. The molecule has 1 atom stereocenters. The first-order valence-electron chi connectivity index (χ1n) is 6.04. The van der Waals surface area contributed by atoms with Gasteiger partial charge in [0.1, 0.15) is 17.6 Å². The van der Waals surface area contributed by atoms with E-state index in [1.165, 1.54) is 0 Å². The number of ether oxygens (including phenoxy) is 1. The van der Waals surface area contributed by atoms with Crippen molar-refractivity contribution in [2.45, 2.75) is 6.04 Å². The van der Waals surface area contributed by atoms with E-state index in [2.05, 4.69) is 5.32 Å². The van der Waals surface area contributed by atoms with Crippen molar-refractivity contribution in [3.05, 3.63) is 48.4 Å². The molecule has 3 rings (SSSR count). The van der Waals surface area contributed by atoms with Crippen molar-refractivity contribution < 1.29 is 13.9 Å². The molecule has 19 heavy (non-hydrogen) atoms. The summed E-state index contributed by atoms with van der Waals surface area (Å²) in [6.07, 6.45) is 1.62. The summed E-state index contributed by atoms with van der Waals surface area (Å²) in [6.45, 7) is 0.540.